The molecule has 0 saturated heterocycles. The van der Waals surface area contributed by atoms with Gasteiger partial charge >= 0.3 is 5.97 Å². The molecule has 1 aromatic rings. The fourth-order valence-electron chi connectivity index (χ4n) is 1.95. The number of esters is 1. The zero-order chi connectivity index (χ0) is 13.8. The van der Waals surface area contributed by atoms with E-state index in [0.29, 0.717) is 12.5 Å². The normalized spacial score (nSPS) is 20.7. The lowest BCUT2D eigenvalue weighted by atomic mass is 10.1. The van der Waals surface area contributed by atoms with Crippen LogP contribution in [0.1, 0.15) is 24.5 Å². The van der Waals surface area contributed by atoms with E-state index in [1.807, 2.05) is 38.1 Å². The number of ether oxygens (including phenoxy) is 1. The van der Waals surface area contributed by atoms with E-state index in [0.717, 1.165) is 17.5 Å². The smallest absolute Gasteiger partial charge is 0.309 e. The number of rotatable bonds is 5. The first kappa shape index (κ1) is 13.6. The van der Waals surface area contributed by atoms with Crippen molar-refractivity contribution in [3.63, 3.8) is 0 Å². The molecule has 1 aliphatic carbocycles. The highest BCUT2D eigenvalue weighted by molar-refractivity contribution is 5.82. The van der Waals surface area contributed by atoms with Gasteiger partial charge in [0.05, 0.1) is 5.92 Å². The standard InChI is InChI=1S/C15H19NO3/c1-10-5-3-4-6-12(10)8-16-14(17)9-19-15(18)13-7-11(13)2/h3-6,11,13H,7-9H2,1-2H3,(H,16,17)/t11-,13-/m0/s1. The Morgan fingerprint density at radius 1 is 1.37 bits per heavy atom. The molecule has 19 heavy (non-hydrogen) atoms. The molecule has 4 nitrogen and oxygen atoms in total. The molecular weight excluding hydrogens is 242 g/mol. The minimum Gasteiger partial charge on any atom is -0.455 e. The van der Waals surface area contributed by atoms with Crippen molar-refractivity contribution >= 4 is 11.9 Å². The Bertz CT molecular complexity index is 484. The Morgan fingerprint density at radius 3 is 2.68 bits per heavy atom. The molecule has 0 bridgehead atoms. The van der Waals surface area contributed by atoms with Crippen LogP contribution >= 0.6 is 0 Å². The van der Waals surface area contributed by atoms with Gasteiger partial charge in [-0.15, -0.1) is 0 Å². The van der Waals surface area contributed by atoms with Crippen LogP contribution in [0.2, 0.25) is 0 Å². The van der Waals surface area contributed by atoms with Gasteiger partial charge in [0, 0.05) is 6.54 Å². The maximum absolute atomic E-state index is 11.6. The second-order valence-corrected chi connectivity index (χ2v) is 5.13. The average molecular weight is 261 g/mol. The van der Waals surface area contributed by atoms with Crippen LogP contribution in [0.4, 0.5) is 0 Å². The van der Waals surface area contributed by atoms with Crippen molar-refractivity contribution in [2.75, 3.05) is 6.61 Å². The zero-order valence-electron chi connectivity index (χ0n) is 11.3. The summed E-state index contributed by atoms with van der Waals surface area (Å²) >= 11 is 0. The largest absolute Gasteiger partial charge is 0.455 e. The first-order valence-electron chi connectivity index (χ1n) is 6.55. The minimum absolute atomic E-state index is 0.00386. The molecule has 0 heterocycles. The van der Waals surface area contributed by atoms with Gasteiger partial charge < -0.3 is 10.1 Å². The molecule has 0 aromatic heterocycles. The third-order valence-electron chi connectivity index (χ3n) is 3.50. The lowest BCUT2D eigenvalue weighted by molar-refractivity contribution is -0.150. The lowest BCUT2D eigenvalue weighted by Crippen LogP contribution is -2.29. The van der Waals surface area contributed by atoms with Crippen LogP contribution in [0.15, 0.2) is 24.3 Å². The summed E-state index contributed by atoms with van der Waals surface area (Å²) in [6.45, 7) is 4.27. The molecule has 2 atom stereocenters. The third kappa shape index (κ3) is 3.81. The molecule has 0 spiro atoms. The van der Waals surface area contributed by atoms with Crippen molar-refractivity contribution in [2.24, 2.45) is 11.8 Å². The molecule has 0 radical (unpaired) electrons. The maximum Gasteiger partial charge on any atom is 0.309 e. The minimum atomic E-state index is -0.259. The van der Waals surface area contributed by atoms with Gasteiger partial charge in [0.25, 0.3) is 5.91 Å². The summed E-state index contributed by atoms with van der Waals surface area (Å²) in [5.41, 5.74) is 2.20. The first-order valence-corrected chi connectivity index (χ1v) is 6.55. The summed E-state index contributed by atoms with van der Waals surface area (Å²) in [5, 5.41) is 2.75. The Hall–Kier alpha value is -1.84. The van der Waals surface area contributed by atoms with Gasteiger partial charge in [0.1, 0.15) is 0 Å². The molecule has 1 N–H and O–H groups in total. The third-order valence-corrected chi connectivity index (χ3v) is 3.50. The van der Waals surface area contributed by atoms with Crippen LogP contribution in [0.5, 0.6) is 0 Å². The van der Waals surface area contributed by atoms with Crippen LogP contribution in [0.25, 0.3) is 0 Å². The predicted molar refractivity (Wildman–Crippen MR) is 71.3 cm³/mol. The van der Waals surface area contributed by atoms with Gasteiger partial charge in [0.2, 0.25) is 0 Å². The van der Waals surface area contributed by atoms with Crippen molar-refractivity contribution in [2.45, 2.75) is 26.8 Å². The Morgan fingerprint density at radius 2 is 2.05 bits per heavy atom. The van der Waals surface area contributed by atoms with Crippen LogP contribution in [0.3, 0.4) is 0 Å². The highest BCUT2D eigenvalue weighted by Crippen LogP contribution is 2.38. The predicted octanol–water partition coefficient (Wildman–Crippen LogP) is 1.81. The fourth-order valence-corrected chi connectivity index (χ4v) is 1.95. The Balaban J connectivity index is 1.70. The second-order valence-electron chi connectivity index (χ2n) is 5.13. The monoisotopic (exact) mass is 261 g/mol. The van der Waals surface area contributed by atoms with Gasteiger partial charge in [-0.25, -0.2) is 0 Å². The molecule has 102 valence electrons. The quantitative estimate of drug-likeness (QED) is 0.822. The summed E-state index contributed by atoms with van der Waals surface area (Å²) in [6, 6.07) is 7.85. The summed E-state index contributed by atoms with van der Waals surface area (Å²) in [7, 11) is 0. The number of carbonyl (C=O) groups is 2. The van der Waals surface area contributed by atoms with Gasteiger partial charge in [-0.3, -0.25) is 9.59 Å². The average Bonchev–Trinajstić information content (AvgIpc) is 3.12. The van der Waals surface area contributed by atoms with Crippen molar-refractivity contribution < 1.29 is 14.3 Å². The SMILES string of the molecule is Cc1ccccc1CNC(=O)COC(=O)[C@H]1C[C@@H]1C. The van der Waals surface area contributed by atoms with Crippen molar-refractivity contribution in [1.29, 1.82) is 0 Å². The van der Waals surface area contributed by atoms with E-state index in [9.17, 15) is 9.59 Å². The number of carbonyl (C=O) groups excluding carboxylic acids is 2. The second kappa shape index (κ2) is 5.87. The number of amides is 1. The van der Waals surface area contributed by atoms with Crippen LogP contribution < -0.4 is 5.32 Å². The molecule has 0 unspecified atom stereocenters. The number of nitrogens with one attached hydrogen (secondary N) is 1. The summed E-state index contributed by atoms with van der Waals surface area (Å²) < 4.78 is 4.97. The number of hydrogen-bond acceptors (Lipinski definition) is 3. The number of benzene rings is 1. The zero-order valence-corrected chi connectivity index (χ0v) is 11.3. The van der Waals surface area contributed by atoms with Crippen molar-refractivity contribution in [1.82, 2.24) is 5.32 Å². The van der Waals surface area contributed by atoms with Crippen molar-refractivity contribution in [3.8, 4) is 0 Å². The van der Waals surface area contributed by atoms with Crippen LogP contribution in [-0.2, 0) is 20.9 Å². The molecule has 1 fully saturated rings. The molecule has 1 amide bonds. The molecule has 0 aliphatic heterocycles. The first-order chi connectivity index (χ1) is 9.08. The van der Waals surface area contributed by atoms with E-state index in [4.69, 9.17) is 4.74 Å². The lowest BCUT2D eigenvalue weighted by Gasteiger charge is -2.08. The van der Waals surface area contributed by atoms with E-state index < -0.39 is 0 Å². The molecule has 1 aliphatic rings. The highest BCUT2D eigenvalue weighted by atomic mass is 16.5. The fraction of sp³-hybridized carbons (Fsp3) is 0.467. The summed E-state index contributed by atoms with van der Waals surface area (Å²) in [5.74, 6) is -0.102. The summed E-state index contributed by atoms with van der Waals surface area (Å²) in [4.78, 5) is 23.0. The van der Waals surface area contributed by atoms with Gasteiger partial charge in [-0.1, -0.05) is 31.2 Å². The van der Waals surface area contributed by atoms with Crippen LogP contribution in [-0.4, -0.2) is 18.5 Å². The van der Waals surface area contributed by atoms with Gasteiger partial charge in [-0.05, 0) is 30.4 Å². The molecule has 1 saturated carbocycles. The van der Waals surface area contributed by atoms with E-state index in [-0.39, 0.29) is 24.4 Å². The topological polar surface area (TPSA) is 55.4 Å². The Labute approximate surface area is 113 Å². The molecule has 4 heteroatoms. The number of aryl methyl sites for hydroxylation is 1. The highest BCUT2D eigenvalue weighted by Gasteiger charge is 2.40. The Kier molecular flexibility index (Phi) is 4.20. The van der Waals surface area contributed by atoms with E-state index in [1.165, 1.54) is 0 Å². The summed E-state index contributed by atoms with van der Waals surface area (Å²) in [6.07, 6.45) is 0.879. The van der Waals surface area contributed by atoms with Gasteiger partial charge in [-0.2, -0.15) is 0 Å². The van der Waals surface area contributed by atoms with Gasteiger partial charge in [0.15, 0.2) is 6.61 Å². The number of hydrogen-bond donors (Lipinski definition) is 1. The van der Waals surface area contributed by atoms with E-state index in [1.54, 1.807) is 0 Å². The van der Waals surface area contributed by atoms with E-state index in [2.05, 4.69) is 5.32 Å². The van der Waals surface area contributed by atoms with E-state index >= 15 is 0 Å². The molecule has 2 rings (SSSR count). The van der Waals surface area contributed by atoms with Crippen molar-refractivity contribution in [3.05, 3.63) is 35.4 Å². The molecule has 1 aromatic carbocycles. The maximum atomic E-state index is 11.6. The molecular formula is C15H19NO3. The van der Waals surface area contributed by atoms with Crippen LogP contribution in [0, 0.1) is 18.8 Å².